The van der Waals surface area contributed by atoms with Gasteiger partial charge in [0.15, 0.2) is 0 Å². The Labute approximate surface area is 154 Å². The number of anilines is 1. The van der Waals surface area contributed by atoms with Crippen LogP contribution in [0.25, 0.3) is 5.57 Å². The van der Waals surface area contributed by atoms with E-state index in [1.807, 2.05) is 79.2 Å². The van der Waals surface area contributed by atoms with Gasteiger partial charge in [0.2, 0.25) is 0 Å². The van der Waals surface area contributed by atoms with Crippen molar-refractivity contribution in [3.05, 3.63) is 90.0 Å². The number of benzene rings is 2. The quantitative estimate of drug-likeness (QED) is 0.667. The van der Waals surface area contributed by atoms with Gasteiger partial charge in [-0.2, -0.15) is 0 Å². The van der Waals surface area contributed by atoms with Gasteiger partial charge in [0, 0.05) is 23.7 Å². The van der Waals surface area contributed by atoms with Crippen molar-refractivity contribution < 1.29 is 4.79 Å². The molecule has 0 aliphatic heterocycles. The Balaban J connectivity index is 1.72. The second-order valence-electron chi connectivity index (χ2n) is 6.38. The van der Waals surface area contributed by atoms with Crippen molar-refractivity contribution in [3.8, 4) is 0 Å². The van der Waals surface area contributed by atoms with Crippen LogP contribution in [0.4, 0.5) is 5.69 Å². The van der Waals surface area contributed by atoms with Gasteiger partial charge < -0.3 is 9.88 Å². The molecule has 0 bridgehead atoms. The van der Waals surface area contributed by atoms with Gasteiger partial charge in [0.25, 0.3) is 5.91 Å². The molecule has 2 aromatic carbocycles. The minimum Gasteiger partial charge on any atom is -0.330 e. The van der Waals surface area contributed by atoms with Crippen molar-refractivity contribution in [1.82, 2.24) is 9.55 Å². The molecule has 0 saturated heterocycles. The minimum absolute atomic E-state index is 0.0817. The topological polar surface area (TPSA) is 46.9 Å². The van der Waals surface area contributed by atoms with Gasteiger partial charge in [-0.05, 0) is 49.6 Å². The van der Waals surface area contributed by atoms with Gasteiger partial charge in [-0.3, -0.25) is 4.79 Å². The number of allylic oxidation sites excluding steroid dienone is 1. The van der Waals surface area contributed by atoms with E-state index in [4.69, 9.17) is 0 Å². The standard InChI is InChI=1S/C22H23N3O/c1-16(19-7-5-4-6-8-19)17(2)22(26)24-21-11-9-20(10-12-21)18(3)25-14-13-23-15-25/h4-15,18H,1-3H3,(H,24,26)/b17-16+. The van der Waals surface area contributed by atoms with Crippen LogP contribution in [0, 0.1) is 0 Å². The molecular weight excluding hydrogens is 322 g/mol. The van der Waals surface area contributed by atoms with E-state index >= 15 is 0 Å². The third-order valence-electron chi connectivity index (χ3n) is 4.73. The molecule has 3 aromatic rings. The molecule has 4 nitrogen and oxygen atoms in total. The number of nitrogens with zero attached hydrogens (tertiary/aromatic N) is 2. The first-order valence-corrected chi connectivity index (χ1v) is 8.68. The summed E-state index contributed by atoms with van der Waals surface area (Å²) in [6.45, 7) is 5.94. The number of imidazole rings is 1. The first-order valence-electron chi connectivity index (χ1n) is 8.68. The maximum Gasteiger partial charge on any atom is 0.251 e. The largest absolute Gasteiger partial charge is 0.330 e. The predicted octanol–water partition coefficient (Wildman–Crippen LogP) is 4.92. The molecule has 1 aromatic heterocycles. The maximum atomic E-state index is 12.6. The van der Waals surface area contributed by atoms with Crippen molar-refractivity contribution in [1.29, 1.82) is 0 Å². The van der Waals surface area contributed by atoms with Crippen LogP contribution in [-0.2, 0) is 4.79 Å². The number of aromatic nitrogens is 2. The Morgan fingerprint density at radius 3 is 2.35 bits per heavy atom. The van der Waals surface area contributed by atoms with E-state index < -0.39 is 0 Å². The Morgan fingerprint density at radius 1 is 1.04 bits per heavy atom. The molecule has 26 heavy (non-hydrogen) atoms. The molecule has 3 rings (SSSR count). The number of rotatable bonds is 5. The van der Waals surface area contributed by atoms with Gasteiger partial charge in [-0.15, -0.1) is 0 Å². The highest BCUT2D eigenvalue weighted by Crippen LogP contribution is 2.22. The fourth-order valence-electron chi connectivity index (χ4n) is 2.82. The number of hydrogen-bond donors (Lipinski definition) is 1. The van der Waals surface area contributed by atoms with E-state index in [1.54, 1.807) is 12.5 Å². The maximum absolute atomic E-state index is 12.6. The van der Waals surface area contributed by atoms with Gasteiger partial charge in [-0.25, -0.2) is 4.98 Å². The molecule has 132 valence electrons. The summed E-state index contributed by atoms with van der Waals surface area (Å²) in [5.74, 6) is -0.0817. The Kier molecular flexibility index (Phi) is 5.32. The van der Waals surface area contributed by atoms with Crippen LogP contribution in [0.2, 0.25) is 0 Å². The Hall–Kier alpha value is -3.14. The number of amides is 1. The predicted molar refractivity (Wildman–Crippen MR) is 106 cm³/mol. The molecule has 0 saturated carbocycles. The van der Waals surface area contributed by atoms with E-state index in [0.29, 0.717) is 5.57 Å². The zero-order valence-electron chi connectivity index (χ0n) is 15.3. The number of carbonyl (C=O) groups is 1. The highest BCUT2D eigenvalue weighted by Gasteiger charge is 2.11. The average Bonchev–Trinajstić information content (AvgIpc) is 3.22. The summed E-state index contributed by atoms with van der Waals surface area (Å²) in [7, 11) is 0. The lowest BCUT2D eigenvalue weighted by atomic mass is 10.0. The van der Waals surface area contributed by atoms with Gasteiger partial charge in [-0.1, -0.05) is 42.5 Å². The monoisotopic (exact) mass is 345 g/mol. The number of nitrogens with one attached hydrogen (secondary N) is 1. The SMILES string of the molecule is C/C(C(=O)Nc1ccc(C(C)n2ccnc2)cc1)=C(/C)c1ccccc1. The summed E-state index contributed by atoms with van der Waals surface area (Å²) in [5.41, 5.74) is 4.70. The van der Waals surface area contributed by atoms with Crippen molar-refractivity contribution in [3.63, 3.8) is 0 Å². The summed E-state index contributed by atoms with van der Waals surface area (Å²) < 4.78 is 2.05. The lowest BCUT2D eigenvalue weighted by Gasteiger charge is -2.14. The second kappa shape index (κ2) is 7.83. The van der Waals surface area contributed by atoms with Crippen LogP contribution in [0.5, 0.6) is 0 Å². The molecule has 0 radical (unpaired) electrons. The third-order valence-corrected chi connectivity index (χ3v) is 4.73. The van der Waals surface area contributed by atoms with Gasteiger partial charge in [0.1, 0.15) is 0 Å². The lowest BCUT2D eigenvalue weighted by Crippen LogP contribution is -2.14. The Bertz CT molecular complexity index is 894. The molecule has 1 heterocycles. The molecule has 0 aliphatic carbocycles. The molecule has 1 unspecified atom stereocenters. The highest BCUT2D eigenvalue weighted by atomic mass is 16.1. The molecule has 0 fully saturated rings. The normalized spacial score (nSPS) is 13.0. The van der Waals surface area contributed by atoms with E-state index in [0.717, 1.165) is 22.4 Å². The molecule has 4 heteroatoms. The van der Waals surface area contributed by atoms with Crippen LogP contribution < -0.4 is 5.32 Å². The summed E-state index contributed by atoms with van der Waals surface area (Å²) in [6.07, 6.45) is 5.52. The first-order chi connectivity index (χ1) is 12.6. The second-order valence-corrected chi connectivity index (χ2v) is 6.38. The average molecular weight is 345 g/mol. The van der Waals surface area contributed by atoms with Crippen LogP contribution in [0.3, 0.4) is 0 Å². The third kappa shape index (κ3) is 3.91. The molecule has 1 amide bonds. The molecule has 0 aliphatic rings. The smallest absolute Gasteiger partial charge is 0.251 e. The highest BCUT2D eigenvalue weighted by molar-refractivity contribution is 6.08. The van der Waals surface area contributed by atoms with E-state index in [-0.39, 0.29) is 11.9 Å². The summed E-state index contributed by atoms with van der Waals surface area (Å²) in [4.78, 5) is 16.6. The molecule has 1 atom stereocenters. The molecular formula is C22H23N3O. The lowest BCUT2D eigenvalue weighted by molar-refractivity contribution is -0.112. The zero-order valence-corrected chi connectivity index (χ0v) is 15.3. The summed E-state index contributed by atoms with van der Waals surface area (Å²) >= 11 is 0. The van der Waals surface area contributed by atoms with Crippen molar-refractivity contribution in [2.75, 3.05) is 5.32 Å². The van der Waals surface area contributed by atoms with Crippen LogP contribution >= 0.6 is 0 Å². The van der Waals surface area contributed by atoms with Crippen molar-refractivity contribution in [2.45, 2.75) is 26.8 Å². The van der Waals surface area contributed by atoms with E-state index in [9.17, 15) is 4.79 Å². The summed E-state index contributed by atoms with van der Waals surface area (Å²) in [6, 6.07) is 18.1. The van der Waals surface area contributed by atoms with Crippen LogP contribution in [0.1, 0.15) is 37.9 Å². The number of hydrogen-bond acceptors (Lipinski definition) is 2. The van der Waals surface area contributed by atoms with Gasteiger partial charge >= 0.3 is 0 Å². The first kappa shape index (κ1) is 17.7. The van der Waals surface area contributed by atoms with Gasteiger partial charge in [0.05, 0.1) is 12.4 Å². The molecule has 1 N–H and O–H groups in total. The minimum atomic E-state index is -0.0817. The fourth-order valence-corrected chi connectivity index (χ4v) is 2.82. The fraction of sp³-hybridized carbons (Fsp3) is 0.182. The van der Waals surface area contributed by atoms with Crippen LogP contribution in [0.15, 0.2) is 78.9 Å². The van der Waals surface area contributed by atoms with Crippen molar-refractivity contribution in [2.24, 2.45) is 0 Å². The Morgan fingerprint density at radius 2 is 1.73 bits per heavy atom. The number of carbonyl (C=O) groups excluding carboxylic acids is 1. The van der Waals surface area contributed by atoms with Crippen LogP contribution in [-0.4, -0.2) is 15.5 Å². The van der Waals surface area contributed by atoms with E-state index in [1.165, 1.54) is 0 Å². The van der Waals surface area contributed by atoms with E-state index in [2.05, 4.69) is 17.2 Å². The summed E-state index contributed by atoms with van der Waals surface area (Å²) in [5, 5.41) is 2.98. The van der Waals surface area contributed by atoms with Crippen molar-refractivity contribution >= 4 is 17.2 Å². The molecule has 0 spiro atoms. The zero-order chi connectivity index (χ0) is 18.5.